The van der Waals surface area contributed by atoms with Crippen molar-refractivity contribution >= 4 is 0 Å². The average molecular weight is 212 g/mol. The Morgan fingerprint density at radius 1 is 1.13 bits per heavy atom. The second-order valence-electron chi connectivity index (χ2n) is 5.12. The lowest BCUT2D eigenvalue weighted by Crippen LogP contribution is -2.36. The van der Waals surface area contributed by atoms with Crippen molar-refractivity contribution in [3.63, 3.8) is 0 Å². The molecule has 2 aliphatic rings. The van der Waals surface area contributed by atoms with Crippen LogP contribution in [-0.2, 0) is 0 Å². The standard InChI is InChI=1S/C12H24N2O/c15-10-12-3-7-14(8-4-12)6-2-11-1-5-13-9-11/h11-13,15H,1-10H2. The van der Waals surface area contributed by atoms with Crippen molar-refractivity contribution in [2.45, 2.75) is 25.7 Å². The Balaban J connectivity index is 1.59. The molecule has 2 fully saturated rings. The van der Waals surface area contributed by atoms with Gasteiger partial charge in [0.15, 0.2) is 0 Å². The van der Waals surface area contributed by atoms with Gasteiger partial charge < -0.3 is 15.3 Å². The third-order valence-corrected chi connectivity index (χ3v) is 3.98. The number of piperidine rings is 1. The third-order valence-electron chi connectivity index (χ3n) is 3.98. The number of likely N-dealkylation sites (tertiary alicyclic amines) is 1. The van der Waals surface area contributed by atoms with Crippen LogP contribution in [0.3, 0.4) is 0 Å². The second-order valence-corrected chi connectivity index (χ2v) is 5.12. The van der Waals surface area contributed by atoms with Crippen molar-refractivity contribution in [3.05, 3.63) is 0 Å². The van der Waals surface area contributed by atoms with Gasteiger partial charge in [-0.05, 0) is 70.2 Å². The van der Waals surface area contributed by atoms with Crippen molar-refractivity contribution in [3.8, 4) is 0 Å². The number of nitrogens with zero attached hydrogens (tertiary/aromatic N) is 1. The number of aliphatic hydroxyl groups excluding tert-OH is 1. The number of aliphatic hydroxyl groups is 1. The zero-order valence-corrected chi connectivity index (χ0v) is 9.62. The number of hydrogen-bond donors (Lipinski definition) is 2. The Morgan fingerprint density at radius 3 is 2.53 bits per heavy atom. The van der Waals surface area contributed by atoms with Gasteiger partial charge >= 0.3 is 0 Å². The summed E-state index contributed by atoms with van der Waals surface area (Å²) in [6, 6.07) is 0. The molecule has 1 unspecified atom stereocenters. The maximum Gasteiger partial charge on any atom is 0.0460 e. The first-order valence-corrected chi connectivity index (χ1v) is 6.42. The van der Waals surface area contributed by atoms with Gasteiger partial charge in [0.05, 0.1) is 0 Å². The summed E-state index contributed by atoms with van der Waals surface area (Å²) >= 11 is 0. The Kier molecular flexibility index (Phi) is 4.42. The van der Waals surface area contributed by atoms with Crippen molar-refractivity contribution in [2.24, 2.45) is 11.8 Å². The summed E-state index contributed by atoms with van der Waals surface area (Å²) in [4.78, 5) is 2.57. The van der Waals surface area contributed by atoms with E-state index < -0.39 is 0 Å². The number of rotatable bonds is 4. The molecule has 2 heterocycles. The molecule has 15 heavy (non-hydrogen) atoms. The first-order valence-electron chi connectivity index (χ1n) is 6.42. The molecule has 0 aromatic rings. The van der Waals surface area contributed by atoms with Gasteiger partial charge in [-0.25, -0.2) is 0 Å². The molecule has 0 aliphatic carbocycles. The minimum atomic E-state index is 0.389. The van der Waals surface area contributed by atoms with E-state index in [4.69, 9.17) is 5.11 Å². The fourth-order valence-corrected chi connectivity index (χ4v) is 2.72. The van der Waals surface area contributed by atoms with Gasteiger partial charge in [0.25, 0.3) is 0 Å². The molecular weight excluding hydrogens is 188 g/mol. The van der Waals surface area contributed by atoms with Crippen LogP contribution in [0.2, 0.25) is 0 Å². The van der Waals surface area contributed by atoms with Crippen LogP contribution in [0, 0.1) is 11.8 Å². The molecule has 1 atom stereocenters. The predicted octanol–water partition coefficient (Wildman–Crippen LogP) is 0.690. The highest BCUT2D eigenvalue weighted by Crippen LogP contribution is 2.18. The zero-order chi connectivity index (χ0) is 10.5. The summed E-state index contributed by atoms with van der Waals surface area (Å²) in [6.45, 7) is 6.51. The van der Waals surface area contributed by atoms with Crippen LogP contribution < -0.4 is 5.32 Å². The first-order chi connectivity index (χ1) is 7.38. The monoisotopic (exact) mass is 212 g/mol. The quantitative estimate of drug-likeness (QED) is 0.720. The zero-order valence-electron chi connectivity index (χ0n) is 9.62. The van der Waals surface area contributed by atoms with Gasteiger partial charge in [-0.2, -0.15) is 0 Å². The molecule has 0 amide bonds. The summed E-state index contributed by atoms with van der Waals surface area (Å²) < 4.78 is 0. The van der Waals surface area contributed by atoms with Crippen LogP contribution in [-0.4, -0.2) is 49.3 Å². The lowest BCUT2D eigenvalue weighted by molar-refractivity contribution is 0.127. The fraction of sp³-hybridized carbons (Fsp3) is 1.00. The summed E-state index contributed by atoms with van der Waals surface area (Å²) in [5, 5.41) is 12.5. The molecule has 0 radical (unpaired) electrons. The molecule has 2 rings (SSSR count). The largest absolute Gasteiger partial charge is 0.396 e. The Hall–Kier alpha value is -0.120. The van der Waals surface area contributed by atoms with E-state index in [1.807, 2.05) is 0 Å². The molecule has 0 spiro atoms. The maximum absolute atomic E-state index is 9.05. The van der Waals surface area contributed by atoms with Crippen LogP contribution in [0.1, 0.15) is 25.7 Å². The Labute approximate surface area is 92.8 Å². The maximum atomic E-state index is 9.05. The molecule has 0 saturated carbocycles. The van der Waals surface area contributed by atoms with E-state index in [2.05, 4.69) is 10.2 Å². The summed E-state index contributed by atoms with van der Waals surface area (Å²) in [5.41, 5.74) is 0. The predicted molar refractivity (Wildman–Crippen MR) is 61.8 cm³/mol. The molecule has 2 aliphatic heterocycles. The minimum Gasteiger partial charge on any atom is -0.396 e. The highest BCUT2D eigenvalue weighted by Gasteiger charge is 2.20. The molecule has 3 nitrogen and oxygen atoms in total. The SMILES string of the molecule is OCC1CCN(CCC2CCNC2)CC1. The van der Waals surface area contributed by atoms with Gasteiger partial charge in [-0.15, -0.1) is 0 Å². The molecule has 0 aromatic heterocycles. The van der Waals surface area contributed by atoms with Gasteiger partial charge in [0.2, 0.25) is 0 Å². The molecular formula is C12H24N2O. The summed E-state index contributed by atoms with van der Waals surface area (Å²) in [6.07, 6.45) is 5.11. The van der Waals surface area contributed by atoms with E-state index in [0.29, 0.717) is 12.5 Å². The molecule has 3 heteroatoms. The molecule has 88 valence electrons. The van der Waals surface area contributed by atoms with Gasteiger partial charge in [0.1, 0.15) is 0 Å². The van der Waals surface area contributed by atoms with Gasteiger partial charge in [-0.1, -0.05) is 0 Å². The second kappa shape index (κ2) is 5.83. The molecule has 2 N–H and O–H groups in total. The third kappa shape index (κ3) is 3.44. The van der Waals surface area contributed by atoms with Crippen LogP contribution >= 0.6 is 0 Å². The summed E-state index contributed by atoms with van der Waals surface area (Å²) in [7, 11) is 0. The van der Waals surface area contributed by atoms with Crippen LogP contribution in [0.5, 0.6) is 0 Å². The number of nitrogens with one attached hydrogen (secondary N) is 1. The van der Waals surface area contributed by atoms with E-state index in [1.54, 1.807) is 0 Å². The van der Waals surface area contributed by atoms with Crippen LogP contribution in [0.15, 0.2) is 0 Å². The highest BCUT2D eigenvalue weighted by atomic mass is 16.3. The lowest BCUT2D eigenvalue weighted by Gasteiger charge is -2.31. The van der Waals surface area contributed by atoms with E-state index in [-0.39, 0.29) is 0 Å². The van der Waals surface area contributed by atoms with Crippen LogP contribution in [0.4, 0.5) is 0 Å². The summed E-state index contributed by atoms with van der Waals surface area (Å²) in [5.74, 6) is 1.50. The average Bonchev–Trinajstić information content (AvgIpc) is 2.80. The van der Waals surface area contributed by atoms with Crippen molar-refractivity contribution < 1.29 is 5.11 Å². The van der Waals surface area contributed by atoms with Gasteiger partial charge in [-0.3, -0.25) is 0 Å². The van der Waals surface area contributed by atoms with Crippen LogP contribution in [0.25, 0.3) is 0 Å². The first kappa shape index (κ1) is 11.4. The number of hydrogen-bond acceptors (Lipinski definition) is 3. The van der Waals surface area contributed by atoms with Crippen molar-refractivity contribution in [1.82, 2.24) is 10.2 Å². The van der Waals surface area contributed by atoms with E-state index in [1.165, 1.54) is 58.4 Å². The molecule has 0 aromatic carbocycles. The van der Waals surface area contributed by atoms with E-state index >= 15 is 0 Å². The highest BCUT2D eigenvalue weighted by molar-refractivity contribution is 4.75. The topological polar surface area (TPSA) is 35.5 Å². The van der Waals surface area contributed by atoms with Gasteiger partial charge in [0, 0.05) is 6.61 Å². The van der Waals surface area contributed by atoms with E-state index in [0.717, 1.165) is 5.92 Å². The Bertz CT molecular complexity index is 172. The minimum absolute atomic E-state index is 0.389. The van der Waals surface area contributed by atoms with E-state index in [9.17, 15) is 0 Å². The van der Waals surface area contributed by atoms with Crippen molar-refractivity contribution in [2.75, 3.05) is 39.3 Å². The lowest BCUT2D eigenvalue weighted by atomic mass is 9.97. The Morgan fingerprint density at radius 2 is 1.93 bits per heavy atom. The van der Waals surface area contributed by atoms with Crippen molar-refractivity contribution in [1.29, 1.82) is 0 Å². The fourth-order valence-electron chi connectivity index (χ4n) is 2.72. The molecule has 2 saturated heterocycles. The molecule has 0 bridgehead atoms. The smallest absolute Gasteiger partial charge is 0.0460 e. The normalized spacial score (nSPS) is 29.8.